The van der Waals surface area contributed by atoms with Crippen LogP contribution < -0.4 is 5.32 Å². The summed E-state index contributed by atoms with van der Waals surface area (Å²) in [6, 6.07) is 5.96. The van der Waals surface area contributed by atoms with E-state index in [4.69, 9.17) is 9.84 Å². The van der Waals surface area contributed by atoms with Crippen LogP contribution in [0.4, 0.5) is 0 Å². The van der Waals surface area contributed by atoms with Crippen LogP contribution in [0.5, 0.6) is 0 Å². The van der Waals surface area contributed by atoms with E-state index in [0.717, 1.165) is 13.0 Å². The predicted octanol–water partition coefficient (Wildman–Crippen LogP) is 1.54. The summed E-state index contributed by atoms with van der Waals surface area (Å²) in [5, 5.41) is 11.7. The summed E-state index contributed by atoms with van der Waals surface area (Å²) < 4.78 is 5.29. The first-order valence-corrected chi connectivity index (χ1v) is 6.30. The van der Waals surface area contributed by atoms with Crippen molar-refractivity contribution in [1.82, 2.24) is 5.32 Å². The van der Waals surface area contributed by atoms with Crippen LogP contribution in [0, 0.1) is 5.92 Å². The second-order valence-electron chi connectivity index (χ2n) is 4.77. The van der Waals surface area contributed by atoms with E-state index in [0.29, 0.717) is 18.1 Å². The van der Waals surface area contributed by atoms with Crippen LogP contribution in [0.25, 0.3) is 0 Å². The van der Waals surface area contributed by atoms with Crippen LogP contribution >= 0.6 is 0 Å². The SMILES string of the molecule is C[C@H](NC(=O)c1ccc(C(=O)O)cc1)[C@H]1CCOC1. The number of amides is 1. The number of ether oxygens (including phenoxy) is 1. The summed E-state index contributed by atoms with van der Waals surface area (Å²) in [6.07, 6.45) is 0.958. The van der Waals surface area contributed by atoms with Crippen molar-refractivity contribution in [2.45, 2.75) is 19.4 Å². The lowest BCUT2D eigenvalue weighted by Crippen LogP contribution is -2.38. The monoisotopic (exact) mass is 263 g/mol. The summed E-state index contributed by atoms with van der Waals surface area (Å²) in [5.74, 6) is -0.831. The van der Waals surface area contributed by atoms with Gasteiger partial charge in [0.15, 0.2) is 0 Å². The molecule has 0 radical (unpaired) electrons. The molecule has 1 aromatic carbocycles. The first kappa shape index (κ1) is 13.5. The van der Waals surface area contributed by atoms with Crippen LogP contribution in [0.15, 0.2) is 24.3 Å². The molecule has 102 valence electrons. The van der Waals surface area contributed by atoms with E-state index in [-0.39, 0.29) is 17.5 Å². The van der Waals surface area contributed by atoms with Crippen molar-refractivity contribution in [3.8, 4) is 0 Å². The minimum Gasteiger partial charge on any atom is -0.478 e. The number of carbonyl (C=O) groups is 2. The molecular formula is C14H17NO4. The second-order valence-corrected chi connectivity index (χ2v) is 4.77. The predicted molar refractivity (Wildman–Crippen MR) is 69.3 cm³/mol. The second kappa shape index (κ2) is 5.84. The fraction of sp³-hybridized carbons (Fsp3) is 0.429. The molecule has 2 atom stereocenters. The van der Waals surface area contributed by atoms with Gasteiger partial charge in [0.05, 0.1) is 12.2 Å². The Balaban J connectivity index is 1.97. The van der Waals surface area contributed by atoms with Gasteiger partial charge in [0, 0.05) is 24.1 Å². The van der Waals surface area contributed by atoms with Crippen LogP contribution in [-0.4, -0.2) is 36.2 Å². The van der Waals surface area contributed by atoms with Crippen molar-refractivity contribution >= 4 is 11.9 Å². The third-order valence-corrected chi connectivity index (χ3v) is 3.42. The minimum atomic E-state index is -0.997. The molecule has 1 aliphatic heterocycles. The molecule has 0 aliphatic carbocycles. The third kappa shape index (κ3) is 3.32. The van der Waals surface area contributed by atoms with Crippen LogP contribution in [0.3, 0.4) is 0 Å². The number of hydrogen-bond acceptors (Lipinski definition) is 3. The number of rotatable bonds is 4. The maximum Gasteiger partial charge on any atom is 0.335 e. The zero-order chi connectivity index (χ0) is 13.8. The Morgan fingerprint density at radius 3 is 2.47 bits per heavy atom. The lowest BCUT2D eigenvalue weighted by atomic mass is 10.0. The summed E-state index contributed by atoms with van der Waals surface area (Å²) in [6.45, 7) is 3.39. The van der Waals surface area contributed by atoms with Gasteiger partial charge in [-0.05, 0) is 37.6 Å². The van der Waals surface area contributed by atoms with E-state index in [9.17, 15) is 9.59 Å². The molecule has 1 aromatic rings. The highest BCUT2D eigenvalue weighted by molar-refractivity contribution is 5.96. The molecule has 5 nitrogen and oxygen atoms in total. The Hall–Kier alpha value is -1.88. The van der Waals surface area contributed by atoms with E-state index in [1.165, 1.54) is 24.3 Å². The minimum absolute atomic E-state index is 0.0501. The average molecular weight is 263 g/mol. The maximum atomic E-state index is 12.0. The number of carboxylic acid groups (broad SMARTS) is 1. The highest BCUT2D eigenvalue weighted by Gasteiger charge is 2.23. The largest absolute Gasteiger partial charge is 0.478 e. The van der Waals surface area contributed by atoms with Crippen LogP contribution in [0.1, 0.15) is 34.1 Å². The molecule has 19 heavy (non-hydrogen) atoms. The van der Waals surface area contributed by atoms with Crippen molar-refractivity contribution in [2.75, 3.05) is 13.2 Å². The Morgan fingerprint density at radius 2 is 1.95 bits per heavy atom. The standard InChI is InChI=1S/C14H17NO4/c1-9(12-6-7-19-8-12)15-13(16)10-2-4-11(5-3-10)14(17)18/h2-5,9,12H,6-8H2,1H3,(H,15,16)(H,17,18)/t9-,12-/m0/s1. The fourth-order valence-electron chi connectivity index (χ4n) is 2.12. The molecule has 0 bridgehead atoms. The Labute approximate surface area is 111 Å². The zero-order valence-corrected chi connectivity index (χ0v) is 10.8. The lowest BCUT2D eigenvalue weighted by molar-refractivity contribution is 0.0696. The highest BCUT2D eigenvalue weighted by Crippen LogP contribution is 2.16. The van der Waals surface area contributed by atoms with Gasteiger partial charge in [0.25, 0.3) is 5.91 Å². The Bertz CT molecular complexity index is 463. The van der Waals surface area contributed by atoms with Crippen molar-refractivity contribution in [2.24, 2.45) is 5.92 Å². The molecule has 2 rings (SSSR count). The first-order chi connectivity index (χ1) is 9.08. The van der Waals surface area contributed by atoms with E-state index >= 15 is 0 Å². The van der Waals surface area contributed by atoms with Crippen LogP contribution in [0.2, 0.25) is 0 Å². The topological polar surface area (TPSA) is 75.6 Å². The van der Waals surface area contributed by atoms with E-state index in [2.05, 4.69) is 5.32 Å². The van der Waals surface area contributed by atoms with Gasteiger partial charge >= 0.3 is 5.97 Å². The number of benzene rings is 1. The molecular weight excluding hydrogens is 246 g/mol. The number of carboxylic acids is 1. The maximum absolute atomic E-state index is 12.0. The van der Waals surface area contributed by atoms with Crippen LogP contribution in [-0.2, 0) is 4.74 Å². The van der Waals surface area contributed by atoms with Crippen molar-refractivity contribution in [3.05, 3.63) is 35.4 Å². The van der Waals surface area contributed by atoms with Crippen molar-refractivity contribution < 1.29 is 19.4 Å². The molecule has 1 saturated heterocycles. The first-order valence-electron chi connectivity index (χ1n) is 6.30. The Morgan fingerprint density at radius 1 is 1.32 bits per heavy atom. The van der Waals surface area contributed by atoms with Crippen molar-refractivity contribution in [1.29, 1.82) is 0 Å². The van der Waals surface area contributed by atoms with Gasteiger partial charge in [-0.1, -0.05) is 0 Å². The van der Waals surface area contributed by atoms with E-state index in [1.807, 2.05) is 6.92 Å². The molecule has 1 fully saturated rings. The highest BCUT2D eigenvalue weighted by atomic mass is 16.5. The number of nitrogens with one attached hydrogen (secondary N) is 1. The molecule has 2 N–H and O–H groups in total. The van der Waals surface area contributed by atoms with Gasteiger partial charge in [-0.25, -0.2) is 4.79 Å². The van der Waals surface area contributed by atoms with Gasteiger partial charge in [-0.15, -0.1) is 0 Å². The van der Waals surface area contributed by atoms with E-state index in [1.54, 1.807) is 0 Å². The van der Waals surface area contributed by atoms with Gasteiger partial charge in [-0.2, -0.15) is 0 Å². The van der Waals surface area contributed by atoms with Crippen molar-refractivity contribution in [3.63, 3.8) is 0 Å². The van der Waals surface area contributed by atoms with Gasteiger partial charge < -0.3 is 15.2 Å². The van der Waals surface area contributed by atoms with Gasteiger partial charge in [-0.3, -0.25) is 4.79 Å². The summed E-state index contributed by atoms with van der Waals surface area (Å²) in [7, 11) is 0. The van der Waals surface area contributed by atoms with Gasteiger partial charge in [0.1, 0.15) is 0 Å². The fourth-order valence-corrected chi connectivity index (χ4v) is 2.12. The molecule has 0 aromatic heterocycles. The lowest BCUT2D eigenvalue weighted by Gasteiger charge is -2.19. The molecule has 1 amide bonds. The quantitative estimate of drug-likeness (QED) is 0.864. The molecule has 0 spiro atoms. The van der Waals surface area contributed by atoms with E-state index < -0.39 is 5.97 Å². The number of aromatic carboxylic acids is 1. The number of carbonyl (C=O) groups excluding carboxylic acids is 1. The normalized spacial score (nSPS) is 19.9. The number of hydrogen-bond donors (Lipinski definition) is 2. The Kier molecular flexibility index (Phi) is 4.16. The molecule has 5 heteroatoms. The summed E-state index contributed by atoms with van der Waals surface area (Å²) in [5.41, 5.74) is 0.643. The zero-order valence-electron chi connectivity index (χ0n) is 10.8. The third-order valence-electron chi connectivity index (χ3n) is 3.42. The molecule has 0 saturated carbocycles. The molecule has 0 unspecified atom stereocenters. The summed E-state index contributed by atoms with van der Waals surface area (Å²) >= 11 is 0. The molecule has 1 heterocycles. The summed E-state index contributed by atoms with van der Waals surface area (Å²) in [4.78, 5) is 22.7. The smallest absolute Gasteiger partial charge is 0.335 e. The van der Waals surface area contributed by atoms with Gasteiger partial charge in [0.2, 0.25) is 0 Å². The molecule has 1 aliphatic rings. The average Bonchev–Trinajstić information content (AvgIpc) is 2.92.